The monoisotopic (exact) mass is 418 g/mol. The number of aromatic amines is 1. The van der Waals surface area contributed by atoms with Gasteiger partial charge in [0.1, 0.15) is 11.3 Å². The number of aromatic nitrogens is 5. The highest BCUT2D eigenvalue weighted by Gasteiger charge is 2.39. The lowest BCUT2D eigenvalue weighted by Gasteiger charge is -2.35. The van der Waals surface area contributed by atoms with Crippen molar-refractivity contribution < 1.29 is 14.4 Å². The first-order chi connectivity index (χ1) is 12.5. The largest absolute Gasteiger partial charge is 0.382 e. The van der Waals surface area contributed by atoms with Crippen LogP contribution in [0.4, 0.5) is 0 Å². The molecular formula is C16H15BrN6O3. The Balaban J connectivity index is 1.46. The van der Waals surface area contributed by atoms with Gasteiger partial charge in [0.05, 0.1) is 0 Å². The molecule has 3 heterocycles. The minimum absolute atomic E-state index is 0.171. The van der Waals surface area contributed by atoms with Crippen LogP contribution in [0, 0.1) is 0 Å². The molecule has 0 unspecified atom stereocenters. The summed E-state index contributed by atoms with van der Waals surface area (Å²) in [5.41, 5.74) is 0.273. The zero-order chi connectivity index (χ0) is 18.1. The fraction of sp³-hybridized carbons (Fsp3) is 0.312. The standard InChI is InChI=1S/C16H15BrN6O3/c17-11-3-1-2-10(8-11)12-9-13(26-20-12)14(24)23-6-4-16(25,5-7-23)15-18-21-22-19-15/h1-3,8-9,25H,4-7H2,(H,18,19,21,22). The molecule has 1 aromatic carbocycles. The number of nitrogens with one attached hydrogen (secondary N) is 1. The first-order valence-corrected chi connectivity index (χ1v) is 8.83. The van der Waals surface area contributed by atoms with E-state index in [2.05, 4.69) is 41.7 Å². The van der Waals surface area contributed by atoms with Gasteiger partial charge < -0.3 is 14.5 Å². The zero-order valence-electron chi connectivity index (χ0n) is 13.6. The van der Waals surface area contributed by atoms with Crippen LogP contribution in [0.15, 0.2) is 39.3 Å². The molecule has 2 N–H and O–H groups in total. The minimum Gasteiger partial charge on any atom is -0.382 e. The van der Waals surface area contributed by atoms with Gasteiger partial charge in [-0.25, -0.2) is 0 Å². The minimum atomic E-state index is -1.17. The van der Waals surface area contributed by atoms with Crippen LogP contribution in [-0.2, 0) is 5.60 Å². The quantitative estimate of drug-likeness (QED) is 0.663. The van der Waals surface area contributed by atoms with Crippen LogP contribution in [0.1, 0.15) is 29.2 Å². The number of tetrazole rings is 1. The van der Waals surface area contributed by atoms with E-state index in [0.717, 1.165) is 10.0 Å². The summed E-state index contributed by atoms with van der Waals surface area (Å²) in [5.74, 6) is 0.167. The van der Waals surface area contributed by atoms with Gasteiger partial charge in [-0.2, -0.15) is 5.21 Å². The normalized spacial score (nSPS) is 16.6. The molecule has 134 valence electrons. The first kappa shape index (κ1) is 16.9. The molecule has 0 radical (unpaired) electrons. The third kappa shape index (κ3) is 3.13. The summed E-state index contributed by atoms with van der Waals surface area (Å²) in [6.07, 6.45) is 0.649. The second-order valence-corrected chi connectivity index (χ2v) is 7.06. The summed E-state index contributed by atoms with van der Waals surface area (Å²) in [5, 5.41) is 28.1. The van der Waals surface area contributed by atoms with Crippen molar-refractivity contribution in [1.29, 1.82) is 0 Å². The molecule has 4 rings (SSSR count). The van der Waals surface area contributed by atoms with Crippen LogP contribution in [-0.4, -0.2) is 54.8 Å². The topological polar surface area (TPSA) is 121 Å². The Kier molecular flexibility index (Phi) is 4.29. The molecule has 10 heteroatoms. The number of aliphatic hydroxyl groups is 1. The van der Waals surface area contributed by atoms with Crippen LogP contribution in [0.2, 0.25) is 0 Å². The first-order valence-electron chi connectivity index (χ1n) is 8.03. The molecule has 2 aromatic heterocycles. The Labute approximate surface area is 156 Å². The number of halogens is 1. The van der Waals surface area contributed by atoms with Crippen molar-refractivity contribution in [3.63, 3.8) is 0 Å². The molecule has 3 aromatic rings. The maximum atomic E-state index is 12.7. The lowest BCUT2D eigenvalue weighted by molar-refractivity contribution is -0.0286. The van der Waals surface area contributed by atoms with Crippen molar-refractivity contribution in [2.45, 2.75) is 18.4 Å². The van der Waals surface area contributed by atoms with Crippen molar-refractivity contribution in [3.8, 4) is 11.3 Å². The van der Waals surface area contributed by atoms with Gasteiger partial charge in [0, 0.05) is 42.0 Å². The van der Waals surface area contributed by atoms with Gasteiger partial charge in [-0.15, -0.1) is 10.2 Å². The summed E-state index contributed by atoms with van der Waals surface area (Å²) in [6.45, 7) is 0.716. The zero-order valence-corrected chi connectivity index (χ0v) is 15.2. The van der Waals surface area contributed by atoms with Crippen LogP contribution >= 0.6 is 15.9 Å². The third-order valence-electron chi connectivity index (χ3n) is 4.48. The van der Waals surface area contributed by atoms with E-state index in [4.69, 9.17) is 4.52 Å². The molecule has 1 aliphatic rings. The number of piperidine rings is 1. The van der Waals surface area contributed by atoms with Gasteiger partial charge in [0.25, 0.3) is 5.91 Å². The molecule has 1 aliphatic heterocycles. The summed E-state index contributed by atoms with van der Waals surface area (Å²) >= 11 is 3.41. The number of amides is 1. The number of benzene rings is 1. The van der Waals surface area contributed by atoms with Crippen LogP contribution < -0.4 is 0 Å². The SMILES string of the molecule is O=C(c1cc(-c2cccc(Br)c2)no1)N1CCC(O)(c2nn[nH]n2)CC1. The molecule has 0 atom stereocenters. The number of rotatable bonds is 3. The average molecular weight is 419 g/mol. The number of H-pyrrole nitrogens is 1. The average Bonchev–Trinajstić information content (AvgIpc) is 3.34. The smallest absolute Gasteiger partial charge is 0.292 e. The highest BCUT2D eigenvalue weighted by atomic mass is 79.9. The summed E-state index contributed by atoms with van der Waals surface area (Å²) < 4.78 is 6.16. The number of carbonyl (C=O) groups excluding carboxylic acids is 1. The molecular weight excluding hydrogens is 404 g/mol. The molecule has 0 aliphatic carbocycles. The summed E-state index contributed by atoms with van der Waals surface area (Å²) in [7, 11) is 0. The van der Waals surface area contributed by atoms with E-state index in [-0.39, 0.29) is 17.5 Å². The highest BCUT2D eigenvalue weighted by Crippen LogP contribution is 2.31. The Morgan fingerprint density at radius 1 is 1.31 bits per heavy atom. The Bertz CT molecular complexity index is 918. The maximum absolute atomic E-state index is 12.7. The van der Waals surface area contributed by atoms with Crippen molar-refractivity contribution in [2.75, 3.05) is 13.1 Å². The van der Waals surface area contributed by atoms with Gasteiger partial charge >= 0.3 is 0 Å². The Hall–Kier alpha value is -2.59. The van der Waals surface area contributed by atoms with E-state index in [1.54, 1.807) is 11.0 Å². The number of likely N-dealkylation sites (tertiary alicyclic amines) is 1. The molecule has 0 saturated carbocycles. The van der Waals surface area contributed by atoms with Gasteiger partial charge in [-0.3, -0.25) is 4.79 Å². The van der Waals surface area contributed by atoms with Crippen LogP contribution in [0.5, 0.6) is 0 Å². The lowest BCUT2D eigenvalue weighted by Crippen LogP contribution is -2.45. The summed E-state index contributed by atoms with van der Waals surface area (Å²) in [4.78, 5) is 14.3. The fourth-order valence-electron chi connectivity index (χ4n) is 2.98. The second kappa shape index (κ2) is 6.61. The molecule has 26 heavy (non-hydrogen) atoms. The van der Waals surface area contributed by atoms with E-state index in [9.17, 15) is 9.90 Å². The van der Waals surface area contributed by atoms with Crippen LogP contribution in [0.25, 0.3) is 11.3 Å². The van der Waals surface area contributed by atoms with Crippen molar-refractivity contribution >= 4 is 21.8 Å². The number of hydrogen-bond donors (Lipinski definition) is 2. The van der Waals surface area contributed by atoms with Gasteiger partial charge in [0.15, 0.2) is 0 Å². The van der Waals surface area contributed by atoms with Crippen molar-refractivity contribution in [2.24, 2.45) is 0 Å². The van der Waals surface area contributed by atoms with Crippen LogP contribution in [0.3, 0.4) is 0 Å². The van der Waals surface area contributed by atoms with E-state index >= 15 is 0 Å². The summed E-state index contributed by atoms with van der Waals surface area (Å²) in [6, 6.07) is 9.22. The molecule has 9 nitrogen and oxygen atoms in total. The Morgan fingerprint density at radius 2 is 2.12 bits per heavy atom. The van der Waals surface area contributed by atoms with Gasteiger partial charge in [-0.1, -0.05) is 38.4 Å². The van der Waals surface area contributed by atoms with Gasteiger partial charge in [0.2, 0.25) is 11.6 Å². The van der Waals surface area contributed by atoms with Crippen molar-refractivity contribution in [1.82, 2.24) is 30.7 Å². The van der Waals surface area contributed by atoms with E-state index < -0.39 is 5.60 Å². The second-order valence-electron chi connectivity index (χ2n) is 6.15. The molecule has 1 fully saturated rings. The number of nitrogens with zero attached hydrogens (tertiary/aromatic N) is 5. The predicted molar refractivity (Wildman–Crippen MR) is 92.9 cm³/mol. The van der Waals surface area contributed by atoms with Gasteiger partial charge in [-0.05, 0) is 12.1 Å². The molecule has 1 saturated heterocycles. The van der Waals surface area contributed by atoms with E-state index in [1.165, 1.54) is 0 Å². The van der Waals surface area contributed by atoms with E-state index in [1.807, 2.05) is 24.3 Å². The lowest BCUT2D eigenvalue weighted by atomic mass is 9.90. The fourth-order valence-corrected chi connectivity index (χ4v) is 3.38. The number of carbonyl (C=O) groups is 1. The maximum Gasteiger partial charge on any atom is 0.292 e. The van der Waals surface area contributed by atoms with E-state index in [0.29, 0.717) is 31.6 Å². The highest BCUT2D eigenvalue weighted by molar-refractivity contribution is 9.10. The third-order valence-corrected chi connectivity index (χ3v) is 4.97. The van der Waals surface area contributed by atoms with Crippen molar-refractivity contribution in [3.05, 3.63) is 46.4 Å². The molecule has 1 amide bonds. The molecule has 0 bridgehead atoms. The Morgan fingerprint density at radius 3 is 2.81 bits per heavy atom. The molecule has 0 spiro atoms. The predicted octanol–water partition coefficient (Wildman–Crippen LogP) is 1.74. The number of hydrogen-bond acceptors (Lipinski definition) is 7.